The molecule has 0 spiro atoms. The number of hydrogen-bond donors (Lipinski definition) is 1. The number of hydrogen-bond acceptors (Lipinski definition) is 8. The van der Waals surface area contributed by atoms with Crippen LogP contribution < -0.4 is 10.2 Å². The van der Waals surface area contributed by atoms with Crippen LogP contribution in [0.3, 0.4) is 0 Å². The van der Waals surface area contributed by atoms with Gasteiger partial charge in [0.25, 0.3) is 0 Å². The predicted molar refractivity (Wildman–Crippen MR) is 132 cm³/mol. The van der Waals surface area contributed by atoms with Gasteiger partial charge < -0.3 is 14.3 Å². The number of carbonyl (C=O) groups is 2. The molecule has 0 radical (unpaired) electrons. The van der Waals surface area contributed by atoms with E-state index in [1.807, 2.05) is 0 Å². The Hall–Kier alpha value is -4.02. The fourth-order valence-electron chi connectivity index (χ4n) is 3.94. The van der Waals surface area contributed by atoms with E-state index in [0.717, 1.165) is 5.56 Å². The number of carbonyl (C=O) groups excluding carboxylic acids is 1. The Morgan fingerprint density at radius 3 is 2.62 bits per heavy atom. The average molecular weight is 522 g/mol. The molecular formula is C27H20ClNO8. The lowest BCUT2D eigenvalue weighted by Crippen LogP contribution is -2.24. The zero-order valence-electron chi connectivity index (χ0n) is 19.3. The number of hydroxylamine groups is 2. The minimum Gasteiger partial charge on any atom is -0.478 e. The fourth-order valence-corrected chi connectivity index (χ4v) is 4.13. The third-order valence-electron chi connectivity index (χ3n) is 5.79. The van der Waals surface area contributed by atoms with Gasteiger partial charge in [-0.05, 0) is 48.0 Å². The van der Waals surface area contributed by atoms with Crippen LogP contribution in [0.5, 0.6) is 5.75 Å². The molecule has 1 aliphatic rings. The van der Waals surface area contributed by atoms with Gasteiger partial charge in [-0.3, -0.25) is 4.79 Å². The van der Waals surface area contributed by atoms with Crippen molar-refractivity contribution in [3.05, 3.63) is 110 Å². The summed E-state index contributed by atoms with van der Waals surface area (Å²) in [6, 6.07) is 17.4. The highest BCUT2D eigenvalue weighted by Crippen LogP contribution is 2.23. The van der Waals surface area contributed by atoms with Gasteiger partial charge in [0.05, 0.1) is 35.9 Å². The van der Waals surface area contributed by atoms with Gasteiger partial charge in [-0.2, -0.15) is 0 Å². The summed E-state index contributed by atoms with van der Waals surface area (Å²) >= 11 is 5.93. The molecule has 0 amide bonds. The van der Waals surface area contributed by atoms with Gasteiger partial charge in [0, 0.05) is 23.1 Å². The van der Waals surface area contributed by atoms with Crippen molar-refractivity contribution in [2.75, 3.05) is 6.54 Å². The van der Waals surface area contributed by atoms with Crippen LogP contribution >= 0.6 is 11.6 Å². The van der Waals surface area contributed by atoms with Gasteiger partial charge in [-0.25, -0.2) is 14.5 Å². The van der Waals surface area contributed by atoms with Crippen molar-refractivity contribution >= 4 is 34.5 Å². The molecule has 2 heterocycles. The first-order valence-electron chi connectivity index (χ1n) is 11.3. The summed E-state index contributed by atoms with van der Waals surface area (Å²) in [5.74, 6) is -1.34. The molecule has 1 fully saturated rings. The monoisotopic (exact) mass is 521 g/mol. The Labute approximate surface area is 215 Å². The van der Waals surface area contributed by atoms with Crippen molar-refractivity contribution in [2.24, 2.45) is 0 Å². The Kier molecular flexibility index (Phi) is 7.02. The maximum Gasteiger partial charge on any atom is 0.343 e. The number of ether oxygens (including phenoxy) is 1. The molecule has 3 aromatic carbocycles. The molecule has 5 rings (SSSR count). The first-order valence-corrected chi connectivity index (χ1v) is 11.7. The maximum absolute atomic E-state index is 13.0. The smallest absolute Gasteiger partial charge is 0.343 e. The van der Waals surface area contributed by atoms with E-state index in [1.54, 1.807) is 41.5 Å². The van der Waals surface area contributed by atoms with E-state index in [1.165, 1.54) is 36.6 Å². The van der Waals surface area contributed by atoms with Gasteiger partial charge in [0.1, 0.15) is 17.4 Å². The number of carboxylic acid groups (broad SMARTS) is 1. The number of aromatic carboxylic acids is 1. The standard InChI is InChI=1S/C27H20ClNO8/c28-20-3-1-2-18(10-20)27(33)35-21-8-9-23-24(12-21)34-15-19(25(23)30)11-22-14-29(37-36-22)13-16-4-6-17(7-5-16)26(31)32/h1-10,12,15,22H,11,13-14H2,(H,31,32). The summed E-state index contributed by atoms with van der Waals surface area (Å²) < 4.78 is 11.1. The minimum atomic E-state index is -0.989. The van der Waals surface area contributed by atoms with Crippen LogP contribution in [0.15, 0.2) is 82.2 Å². The first kappa shape index (κ1) is 24.7. The van der Waals surface area contributed by atoms with Crippen molar-refractivity contribution in [1.29, 1.82) is 0 Å². The van der Waals surface area contributed by atoms with E-state index in [0.29, 0.717) is 34.6 Å². The van der Waals surface area contributed by atoms with E-state index in [4.69, 9.17) is 35.7 Å². The van der Waals surface area contributed by atoms with Crippen LogP contribution in [0.4, 0.5) is 0 Å². The molecule has 10 heteroatoms. The molecule has 1 N–H and O–H groups in total. The van der Waals surface area contributed by atoms with E-state index >= 15 is 0 Å². The number of rotatable bonds is 7. The first-order chi connectivity index (χ1) is 17.9. The zero-order valence-corrected chi connectivity index (χ0v) is 20.0. The lowest BCUT2D eigenvalue weighted by Gasteiger charge is -2.11. The molecule has 1 aromatic heterocycles. The summed E-state index contributed by atoms with van der Waals surface area (Å²) in [4.78, 5) is 47.0. The number of nitrogens with zero attached hydrogens (tertiary/aromatic N) is 1. The van der Waals surface area contributed by atoms with E-state index in [-0.39, 0.29) is 28.7 Å². The summed E-state index contributed by atoms with van der Waals surface area (Å²) in [7, 11) is 0. The highest BCUT2D eigenvalue weighted by Gasteiger charge is 2.27. The SMILES string of the molecule is O=C(O)c1ccc(CN2CC(Cc3coc4cc(OC(=O)c5cccc(Cl)c5)ccc4c3=O)OO2)cc1. The Balaban J connectivity index is 1.23. The fraction of sp³-hybridized carbons (Fsp3) is 0.148. The second kappa shape index (κ2) is 10.5. The Bertz CT molecular complexity index is 1530. The molecule has 1 atom stereocenters. The van der Waals surface area contributed by atoms with Crippen molar-refractivity contribution in [3.8, 4) is 5.75 Å². The summed E-state index contributed by atoms with van der Waals surface area (Å²) in [5, 5.41) is 11.4. The lowest BCUT2D eigenvalue weighted by molar-refractivity contribution is -0.385. The van der Waals surface area contributed by atoms with Gasteiger partial charge >= 0.3 is 11.9 Å². The Morgan fingerprint density at radius 2 is 1.86 bits per heavy atom. The van der Waals surface area contributed by atoms with Crippen molar-refractivity contribution in [2.45, 2.75) is 19.1 Å². The third kappa shape index (κ3) is 5.71. The summed E-state index contributed by atoms with van der Waals surface area (Å²) in [6.45, 7) is 0.788. The molecule has 1 unspecified atom stereocenters. The van der Waals surface area contributed by atoms with E-state index in [9.17, 15) is 14.4 Å². The molecule has 1 aliphatic heterocycles. The normalized spacial score (nSPS) is 15.6. The van der Waals surface area contributed by atoms with Crippen LogP contribution in [-0.2, 0) is 22.8 Å². The number of fused-ring (bicyclic) bond motifs is 1. The number of esters is 1. The Morgan fingerprint density at radius 1 is 1.05 bits per heavy atom. The molecule has 1 saturated heterocycles. The summed E-state index contributed by atoms with van der Waals surface area (Å²) in [6.07, 6.45) is 1.22. The lowest BCUT2D eigenvalue weighted by atomic mass is 10.1. The average Bonchev–Trinajstić information content (AvgIpc) is 3.32. The molecule has 0 saturated carbocycles. The van der Waals surface area contributed by atoms with Crippen LogP contribution in [0.1, 0.15) is 31.8 Å². The zero-order chi connectivity index (χ0) is 25.9. The van der Waals surface area contributed by atoms with Gasteiger partial charge in [0.15, 0.2) is 5.43 Å². The van der Waals surface area contributed by atoms with Crippen molar-refractivity contribution in [1.82, 2.24) is 5.06 Å². The summed E-state index contributed by atoms with van der Waals surface area (Å²) in [5.41, 5.74) is 1.83. The molecule has 188 valence electrons. The van der Waals surface area contributed by atoms with E-state index in [2.05, 4.69) is 0 Å². The van der Waals surface area contributed by atoms with Crippen LogP contribution in [0.25, 0.3) is 11.0 Å². The molecule has 0 aliphatic carbocycles. The maximum atomic E-state index is 13.0. The third-order valence-corrected chi connectivity index (χ3v) is 6.02. The molecule has 0 bridgehead atoms. The second-order valence-corrected chi connectivity index (χ2v) is 8.91. The van der Waals surface area contributed by atoms with Crippen LogP contribution in [0.2, 0.25) is 5.02 Å². The van der Waals surface area contributed by atoms with Crippen molar-refractivity contribution < 1.29 is 33.7 Å². The number of carboxylic acids is 1. The predicted octanol–water partition coefficient (Wildman–Crippen LogP) is 4.65. The quantitative estimate of drug-likeness (QED) is 0.211. The molecule has 9 nitrogen and oxygen atoms in total. The molecule has 37 heavy (non-hydrogen) atoms. The van der Waals surface area contributed by atoms with E-state index < -0.39 is 18.0 Å². The topological polar surface area (TPSA) is 116 Å². The van der Waals surface area contributed by atoms with Gasteiger partial charge in [0.2, 0.25) is 0 Å². The number of benzene rings is 3. The van der Waals surface area contributed by atoms with Gasteiger partial charge in [-0.15, -0.1) is 10.1 Å². The largest absolute Gasteiger partial charge is 0.478 e. The molecule has 4 aromatic rings. The number of halogens is 1. The second-order valence-electron chi connectivity index (χ2n) is 8.47. The van der Waals surface area contributed by atoms with Gasteiger partial charge in [-0.1, -0.05) is 29.8 Å². The molecular weight excluding hydrogens is 502 g/mol. The van der Waals surface area contributed by atoms with Crippen LogP contribution in [-0.4, -0.2) is 34.8 Å². The minimum absolute atomic E-state index is 0.203. The van der Waals surface area contributed by atoms with Crippen molar-refractivity contribution in [3.63, 3.8) is 0 Å². The highest BCUT2D eigenvalue weighted by atomic mass is 35.5. The highest BCUT2D eigenvalue weighted by molar-refractivity contribution is 6.30. The van der Waals surface area contributed by atoms with Crippen LogP contribution in [0, 0.1) is 0 Å².